The van der Waals surface area contributed by atoms with E-state index in [1.165, 1.54) is 23.2 Å². The van der Waals surface area contributed by atoms with E-state index in [9.17, 15) is 14.9 Å². The third kappa shape index (κ3) is 2.44. The van der Waals surface area contributed by atoms with Gasteiger partial charge in [-0.05, 0) is 18.2 Å². The molecular weight excluding hydrogens is 250 g/mol. The standard InChI is InChI=1S/C12H11N3O4/c1-14(7-11(16)17)9-4-5-10(15(18)19)12-8(9)3-2-6-13-12/h2-6H,7H2,1H3,(H,16,17). The van der Waals surface area contributed by atoms with Gasteiger partial charge in [-0.2, -0.15) is 0 Å². The first-order valence-corrected chi connectivity index (χ1v) is 5.45. The fourth-order valence-corrected chi connectivity index (χ4v) is 1.91. The Morgan fingerprint density at radius 3 is 2.84 bits per heavy atom. The Bertz CT molecular complexity index is 656. The van der Waals surface area contributed by atoms with E-state index < -0.39 is 10.9 Å². The first kappa shape index (κ1) is 12.7. The highest BCUT2D eigenvalue weighted by molar-refractivity contribution is 5.98. The number of hydrogen-bond donors (Lipinski definition) is 1. The van der Waals surface area contributed by atoms with Crippen molar-refractivity contribution in [3.8, 4) is 0 Å². The van der Waals surface area contributed by atoms with Gasteiger partial charge in [0.15, 0.2) is 0 Å². The van der Waals surface area contributed by atoms with Gasteiger partial charge < -0.3 is 10.0 Å². The summed E-state index contributed by atoms with van der Waals surface area (Å²) in [6.45, 7) is -0.193. The lowest BCUT2D eigenvalue weighted by atomic mass is 10.1. The Morgan fingerprint density at radius 2 is 2.21 bits per heavy atom. The van der Waals surface area contributed by atoms with Crippen LogP contribution in [0.3, 0.4) is 0 Å². The van der Waals surface area contributed by atoms with Crippen molar-refractivity contribution in [2.24, 2.45) is 0 Å². The van der Waals surface area contributed by atoms with Gasteiger partial charge in [0.1, 0.15) is 12.1 Å². The molecule has 19 heavy (non-hydrogen) atoms. The quantitative estimate of drug-likeness (QED) is 0.664. The van der Waals surface area contributed by atoms with Gasteiger partial charge >= 0.3 is 5.97 Å². The van der Waals surface area contributed by atoms with Crippen LogP contribution < -0.4 is 4.90 Å². The molecule has 0 fully saturated rings. The molecule has 0 unspecified atom stereocenters. The van der Waals surface area contributed by atoms with Crippen molar-refractivity contribution < 1.29 is 14.8 Å². The monoisotopic (exact) mass is 261 g/mol. The Hall–Kier alpha value is -2.70. The van der Waals surface area contributed by atoms with Crippen molar-refractivity contribution in [1.82, 2.24) is 4.98 Å². The number of benzene rings is 1. The van der Waals surface area contributed by atoms with E-state index >= 15 is 0 Å². The number of aliphatic carboxylic acids is 1. The molecule has 7 nitrogen and oxygen atoms in total. The first-order valence-electron chi connectivity index (χ1n) is 5.45. The number of anilines is 1. The van der Waals surface area contributed by atoms with Gasteiger partial charge in [-0.3, -0.25) is 14.9 Å². The molecule has 0 saturated carbocycles. The average Bonchev–Trinajstić information content (AvgIpc) is 2.36. The van der Waals surface area contributed by atoms with Gasteiger partial charge in [-0.1, -0.05) is 0 Å². The van der Waals surface area contributed by atoms with E-state index in [0.29, 0.717) is 11.1 Å². The molecule has 1 aromatic carbocycles. The maximum absolute atomic E-state index is 10.9. The molecule has 1 N–H and O–H groups in total. The van der Waals surface area contributed by atoms with Gasteiger partial charge in [-0.25, -0.2) is 4.98 Å². The van der Waals surface area contributed by atoms with Crippen LogP contribution >= 0.6 is 0 Å². The average molecular weight is 261 g/mol. The second-order valence-corrected chi connectivity index (χ2v) is 4.01. The lowest BCUT2D eigenvalue weighted by Crippen LogP contribution is -2.25. The normalized spacial score (nSPS) is 10.4. The number of pyridine rings is 1. The van der Waals surface area contributed by atoms with Crippen molar-refractivity contribution in [1.29, 1.82) is 0 Å². The van der Waals surface area contributed by atoms with Crippen molar-refractivity contribution in [3.05, 3.63) is 40.6 Å². The third-order valence-electron chi connectivity index (χ3n) is 2.71. The highest BCUT2D eigenvalue weighted by Gasteiger charge is 2.17. The molecular formula is C12H11N3O4. The number of fused-ring (bicyclic) bond motifs is 1. The molecule has 0 amide bonds. The molecule has 1 aromatic heterocycles. The Balaban J connectivity index is 2.61. The summed E-state index contributed by atoms with van der Waals surface area (Å²) in [7, 11) is 1.61. The Labute approximate surface area is 108 Å². The summed E-state index contributed by atoms with van der Waals surface area (Å²) in [5.41, 5.74) is 0.751. The van der Waals surface area contributed by atoms with E-state index in [-0.39, 0.29) is 17.7 Å². The number of carbonyl (C=O) groups is 1. The van der Waals surface area contributed by atoms with Crippen LogP contribution in [0.5, 0.6) is 0 Å². The van der Waals surface area contributed by atoms with Crippen LogP contribution in [0.25, 0.3) is 10.9 Å². The van der Waals surface area contributed by atoms with Crippen molar-refractivity contribution in [3.63, 3.8) is 0 Å². The molecule has 0 aliphatic rings. The smallest absolute Gasteiger partial charge is 0.323 e. The maximum Gasteiger partial charge on any atom is 0.323 e. The number of aromatic nitrogens is 1. The number of nitro groups is 1. The summed E-state index contributed by atoms with van der Waals surface area (Å²) in [5, 5.41) is 20.3. The number of hydrogen-bond acceptors (Lipinski definition) is 5. The molecule has 2 aromatic rings. The fourth-order valence-electron chi connectivity index (χ4n) is 1.91. The number of carboxylic acids is 1. The zero-order chi connectivity index (χ0) is 14.0. The predicted molar refractivity (Wildman–Crippen MR) is 69.3 cm³/mol. The minimum Gasteiger partial charge on any atom is -0.480 e. The van der Waals surface area contributed by atoms with Crippen LogP contribution in [0.2, 0.25) is 0 Å². The van der Waals surface area contributed by atoms with E-state index in [4.69, 9.17) is 5.11 Å². The molecule has 0 radical (unpaired) electrons. The van der Waals surface area contributed by atoms with Crippen molar-refractivity contribution in [2.45, 2.75) is 0 Å². The molecule has 0 aliphatic heterocycles. The predicted octanol–water partition coefficient (Wildman–Crippen LogP) is 1.66. The zero-order valence-corrected chi connectivity index (χ0v) is 10.1. The summed E-state index contributed by atoms with van der Waals surface area (Å²) in [6.07, 6.45) is 1.47. The van der Waals surface area contributed by atoms with E-state index in [0.717, 1.165) is 0 Å². The number of likely N-dealkylation sites (N-methyl/N-ethyl adjacent to an activating group) is 1. The number of nitrogens with zero attached hydrogens (tertiary/aromatic N) is 3. The van der Waals surface area contributed by atoms with E-state index in [2.05, 4.69) is 4.98 Å². The Kier molecular flexibility index (Phi) is 3.28. The third-order valence-corrected chi connectivity index (χ3v) is 2.71. The second-order valence-electron chi connectivity index (χ2n) is 4.01. The SMILES string of the molecule is CN(CC(=O)O)c1ccc([N+](=O)[O-])c2ncccc12. The van der Waals surface area contributed by atoms with Gasteiger partial charge in [-0.15, -0.1) is 0 Å². The first-order chi connectivity index (χ1) is 9.00. The molecule has 1 heterocycles. The zero-order valence-electron chi connectivity index (χ0n) is 10.1. The van der Waals surface area contributed by atoms with Crippen LogP contribution in [0, 0.1) is 10.1 Å². The second kappa shape index (κ2) is 4.89. The van der Waals surface area contributed by atoms with E-state index in [1.807, 2.05) is 0 Å². The molecule has 2 rings (SSSR count). The highest BCUT2D eigenvalue weighted by atomic mass is 16.6. The van der Waals surface area contributed by atoms with Crippen LogP contribution in [0.4, 0.5) is 11.4 Å². The summed E-state index contributed by atoms with van der Waals surface area (Å²) in [4.78, 5) is 26.7. The van der Waals surface area contributed by atoms with Crippen LogP contribution in [-0.4, -0.2) is 34.6 Å². The van der Waals surface area contributed by atoms with Crippen LogP contribution in [0.15, 0.2) is 30.5 Å². The fraction of sp³-hybridized carbons (Fsp3) is 0.167. The van der Waals surface area contributed by atoms with Gasteiger partial charge in [0, 0.05) is 30.4 Å². The number of nitro benzene ring substituents is 1. The van der Waals surface area contributed by atoms with Gasteiger partial charge in [0.25, 0.3) is 5.69 Å². The number of rotatable bonds is 4. The van der Waals surface area contributed by atoms with E-state index in [1.54, 1.807) is 19.2 Å². The lowest BCUT2D eigenvalue weighted by Gasteiger charge is -2.18. The topological polar surface area (TPSA) is 96.6 Å². The Morgan fingerprint density at radius 1 is 1.47 bits per heavy atom. The molecule has 0 spiro atoms. The minimum atomic E-state index is -0.974. The maximum atomic E-state index is 10.9. The summed E-state index contributed by atoms with van der Waals surface area (Å²) in [5.74, 6) is -0.974. The van der Waals surface area contributed by atoms with Crippen LogP contribution in [-0.2, 0) is 4.79 Å². The van der Waals surface area contributed by atoms with Gasteiger partial charge in [0.05, 0.1) is 4.92 Å². The number of non-ortho nitro benzene ring substituents is 1. The highest BCUT2D eigenvalue weighted by Crippen LogP contribution is 2.31. The summed E-state index contributed by atoms with van der Waals surface area (Å²) < 4.78 is 0. The minimum absolute atomic E-state index is 0.0944. The molecule has 0 saturated heterocycles. The molecule has 0 atom stereocenters. The summed E-state index contributed by atoms with van der Waals surface area (Å²) >= 11 is 0. The van der Waals surface area contributed by atoms with Crippen LogP contribution in [0.1, 0.15) is 0 Å². The summed E-state index contributed by atoms with van der Waals surface area (Å²) in [6, 6.07) is 6.21. The van der Waals surface area contributed by atoms with Crippen molar-refractivity contribution >= 4 is 28.2 Å². The van der Waals surface area contributed by atoms with Gasteiger partial charge in [0.2, 0.25) is 0 Å². The van der Waals surface area contributed by atoms with Crippen molar-refractivity contribution in [2.75, 3.05) is 18.5 Å². The number of carboxylic acid groups (broad SMARTS) is 1. The lowest BCUT2D eigenvalue weighted by molar-refractivity contribution is -0.383. The molecule has 0 bridgehead atoms. The largest absolute Gasteiger partial charge is 0.480 e. The molecule has 0 aliphatic carbocycles. The molecule has 7 heteroatoms. The molecule has 98 valence electrons.